The Hall–Kier alpha value is -1.23. The highest BCUT2D eigenvalue weighted by atomic mass is 79.9. The quantitative estimate of drug-likeness (QED) is 0.674. The molecule has 1 atom stereocenters. The van der Waals surface area contributed by atoms with E-state index in [0.717, 1.165) is 16.6 Å². The maximum atomic E-state index is 5.66. The SMILES string of the molecule is Cc1ccccc1CC(NN)c1ncccc1Br. The number of rotatable bonds is 4. The summed E-state index contributed by atoms with van der Waals surface area (Å²) in [5.74, 6) is 5.66. The number of nitrogens with one attached hydrogen (secondary N) is 1. The van der Waals surface area contributed by atoms with Gasteiger partial charge in [-0.3, -0.25) is 16.3 Å². The number of nitrogens with zero attached hydrogens (tertiary/aromatic N) is 1. The van der Waals surface area contributed by atoms with Crippen molar-refractivity contribution in [2.75, 3.05) is 0 Å². The highest BCUT2D eigenvalue weighted by Gasteiger charge is 2.15. The molecule has 1 heterocycles. The van der Waals surface area contributed by atoms with E-state index in [-0.39, 0.29) is 6.04 Å². The van der Waals surface area contributed by atoms with Crippen molar-refractivity contribution < 1.29 is 0 Å². The van der Waals surface area contributed by atoms with Crippen LogP contribution in [0.1, 0.15) is 22.9 Å². The van der Waals surface area contributed by atoms with Gasteiger partial charge < -0.3 is 0 Å². The van der Waals surface area contributed by atoms with Crippen LogP contribution in [0.25, 0.3) is 0 Å². The summed E-state index contributed by atoms with van der Waals surface area (Å²) in [4.78, 5) is 4.39. The molecule has 2 rings (SSSR count). The predicted octanol–water partition coefficient (Wildman–Crippen LogP) is 2.90. The van der Waals surface area contributed by atoms with Gasteiger partial charge in [0.2, 0.25) is 0 Å². The molecule has 2 aromatic rings. The van der Waals surface area contributed by atoms with E-state index in [1.165, 1.54) is 11.1 Å². The number of halogens is 1. The van der Waals surface area contributed by atoms with Crippen molar-refractivity contribution in [2.45, 2.75) is 19.4 Å². The van der Waals surface area contributed by atoms with Crippen molar-refractivity contribution in [1.82, 2.24) is 10.4 Å². The van der Waals surface area contributed by atoms with Gasteiger partial charge in [0, 0.05) is 10.7 Å². The van der Waals surface area contributed by atoms with Gasteiger partial charge in [-0.25, -0.2) is 0 Å². The Labute approximate surface area is 116 Å². The Kier molecular flexibility index (Phi) is 4.47. The second-order valence-electron chi connectivity index (χ2n) is 4.22. The minimum Gasteiger partial charge on any atom is -0.271 e. The van der Waals surface area contributed by atoms with Crippen LogP contribution in [0.3, 0.4) is 0 Å². The number of nitrogens with two attached hydrogens (primary N) is 1. The predicted molar refractivity (Wildman–Crippen MR) is 76.9 cm³/mol. The fraction of sp³-hybridized carbons (Fsp3) is 0.214. The van der Waals surface area contributed by atoms with Crippen LogP contribution < -0.4 is 11.3 Å². The van der Waals surface area contributed by atoms with E-state index >= 15 is 0 Å². The van der Waals surface area contributed by atoms with Gasteiger partial charge in [-0.15, -0.1) is 0 Å². The fourth-order valence-corrected chi connectivity index (χ4v) is 2.48. The molecule has 3 nitrogen and oxygen atoms in total. The van der Waals surface area contributed by atoms with Crippen molar-refractivity contribution in [3.8, 4) is 0 Å². The van der Waals surface area contributed by atoms with Crippen LogP contribution >= 0.6 is 15.9 Å². The van der Waals surface area contributed by atoms with Crippen molar-refractivity contribution in [2.24, 2.45) is 5.84 Å². The largest absolute Gasteiger partial charge is 0.271 e. The second kappa shape index (κ2) is 6.09. The third kappa shape index (κ3) is 2.96. The first-order valence-electron chi connectivity index (χ1n) is 5.83. The smallest absolute Gasteiger partial charge is 0.0731 e. The van der Waals surface area contributed by atoms with Crippen LogP contribution in [0.2, 0.25) is 0 Å². The van der Waals surface area contributed by atoms with Crippen molar-refractivity contribution in [3.63, 3.8) is 0 Å². The van der Waals surface area contributed by atoms with Gasteiger partial charge in [-0.1, -0.05) is 24.3 Å². The van der Waals surface area contributed by atoms with Crippen LogP contribution in [0.5, 0.6) is 0 Å². The third-order valence-electron chi connectivity index (χ3n) is 3.00. The molecule has 0 aliphatic heterocycles. The molecule has 0 amide bonds. The molecule has 0 fully saturated rings. The van der Waals surface area contributed by atoms with E-state index in [2.05, 4.69) is 45.4 Å². The monoisotopic (exact) mass is 305 g/mol. The summed E-state index contributed by atoms with van der Waals surface area (Å²) in [7, 11) is 0. The number of pyridine rings is 1. The lowest BCUT2D eigenvalue weighted by Crippen LogP contribution is -2.30. The Morgan fingerprint density at radius 3 is 2.72 bits per heavy atom. The van der Waals surface area contributed by atoms with E-state index < -0.39 is 0 Å². The normalized spacial score (nSPS) is 12.4. The zero-order valence-corrected chi connectivity index (χ0v) is 11.8. The number of benzene rings is 1. The lowest BCUT2D eigenvalue weighted by molar-refractivity contribution is 0.535. The Morgan fingerprint density at radius 2 is 2.06 bits per heavy atom. The lowest BCUT2D eigenvalue weighted by Gasteiger charge is -2.17. The lowest BCUT2D eigenvalue weighted by atomic mass is 9.99. The molecule has 18 heavy (non-hydrogen) atoms. The van der Waals surface area contributed by atoms with Gasteiger partial charge in [0.1, 0.15) is 0 Å². The van der Waals surface area contributed by atoms with E-state index in [1.807, 2.05) is 24.3 Å². The summed E-state index contributed by atoms with van der Waals surface area (Å²) in [5, 5.41) is 0. The molecule has 3 N–H and O–H groups in total. The van der Waals surface area contributed by atoms with E-state index in [0.29, 0.717) is 0 Å². The zero-order valence-electron chi connectivity index (χ0n) is 10.2. The summed E-state index contributed by atoms with van der Waals surface area (Å²) in [6, 6.07) is 12.2. The van der Waals surface area contributed by atoms with Crippen LogP contribution in [-0.2, 0) is 6.42 Å². The molecule has 0 saturated heterocycles. The summed E-state index contributed by atoms with van der Waals surface area (Å²) in [5.41, 5.74) is 6.32. The molecule has 1 unspecified atom stereocenters. The Morgan fingerprint density at radius 1 is 1.28 bits per heavy atom. The van der Waals surface area contributed by atoms with Gasteiger partial charge >= 0.3 is 0 Å². The van der Waals surface area contributed by atoms with Crippen LogP contribution in [0, 0.1) is 6.92 Å². The van der Waals surface area contributed by atoms with E-state index in [1.54, 1.807) is 6.20 Å². The minimum atomic E-state index is 0.00155. The summed E-state index contributed by atoms with van der Waals surface area (Å²) < 4.78 is 0.974. The number of hydrogen-bond donors (Lipinski definition) is 2. The third-order valence-corrected chi connectivity index (χ3v) is 3.67. The van der Waals surface area contributed by atoms with Crippen LogP contribution in [-0.4, -0.2) is 4.98 Å². The number of aromatic nitrogens is 1. The van der Waals surface area contributed by atoms with Crippen LogP contribution in [0.4, 0.5) is 0 Å². The molecule has 0 bridgehead atoms. The number of aryl methyl sites for hydroxylation is 1. The topological polar surface area (TPSA) is 50.9 Å². The highest BCUT2D eigenvalue weighted by Crippen LogP contribution is 2.24. The molecule has 4 heteroatoms. The van der Waals surface area contributed by atoms with Gasteiger partial charge in [-0.05, 0) is 52.5 Å². The molecule has 0 aliphatic rings. The van der Waals surface area contributed by atoms with E-state index in [9.17, 15) is 0 Å². The van der Waals surface area contributed by atoms with Gasteiger partial charge in [0.25, 0.3) is 0 Å². The summed E-state index contributed by atoms with van der Waals surface area (Å²) in [6.45, 7) is 2.11. The molecule has 1 aromatic heterocycles. The van der Waals surface area contributed by atoms with Gasteiger partial charge in [0.05, 0.1) is 11.7 Å². The fourth-order valence-electron chi connectivity index (χ4n) is 1.95. The Balaban J connectivity index is 2.26. The average Bonchev–Trinajstić information content (AvgIpc) is 2.39. The van der Waals surface area contributed by atoms with Crippen molar-refractivity contribution in [3.05, 3.63) is 63.9 Å². The summed E-state index contributed by atoms with van der Waals surface area (Å²) >= 11 is 3.51. The second-order valence-corrected chi connectivity index (χ2v) is 5.07. The first kappa shape index (κ1) is 13.2. The van der Waals surface area contributed by atoms with E-state index in [4.69, 9.17) is 5.84 Å². The van der Waals surface area contributed by atoms with Gasteiger partial charge in [0.15, 0.2) is 0 Å². The van der Waals surface area contributed by atoms with Gasteiger partial charge in [-0.2, -0.15) is 0 Å². The molecule has 94 valence electrons. The van der Waals surface area contributed by atoms with Crippen molar-refractivity contribution >= 4 is 15.9 Å². The molecule has 0 spiro atoms. The standard InChI is InChI=1S/C14H16BrN3/c1-10-5-2-3-6-11(10)9-13(18-16)14-12(15)7-4-8-17-14/h2-8,13,18H,9,16H2,1H3. The zero-order chi connectivity index (χ0) is 13.0. The molecule has 0 radical (unpaired) electrons. The average molecular weight is 306 g/mol. The van der Waals surface area contributed by atoms with Crippen LogP contribution in [0.15, 0.2) is 47.1 Å². The molecule has 0 aliphatic carbocycles. The highest BCUT2D eigenvalue weighted by molar-refractivity contribution is 9.10. The number of hydrazine groups is 1. The first-order chi connectivity index (χ1) is 8.72. The molecular weight excluding hydrogens is 290 g/mol. The molecule has 1 aromatic carbocycles. The minimum absolute atomic E-state index is 0.00155. The Bertz CT molecular complexity index is 528. The first-order valence-corrected chi connectivity index (χ1v) is 6.62. The summed E-state index contributed by atoms with van der Waals surface area (Å²) in [6.07, 6.45) is 2.60. The maximum Gasteiger partial charge on any atom is 0.0731 e. The van der Waals surface area contributed by atoms with Crippen molar-refractivity contribution in [1.29, 1.82) is 0 Å². The molecular formula is C14H16BrN3. The maximum absolute atomic E-state index is 5.66. The number of hydrogen-bond acceptors (Lipinski definition) is 3. The molecule has 0 saturated carbocycles.